The normalized spacial score (nSPS) is 11.8. The summed E-state index contributed by atoms with van der Waals surface area (Å²) >= 11 is 0. The first-order valence-electron chi connectivity index (χ1n) is 8.39. The van der Waals surface area contributed by atoms with E-state index in [4.69, 9.17) is 0 Å². The van der Waals surface area contributed by atoms with Crippen LogP contribution in [0.2, 0.25) is 0 Å². The fraction of sp³-hybridized carbons (Fsp3) is 0.278. The monoisotopic (exact) mass is 387 g/mol. The highest BCUT2D eigenvalue weighted by Crippen LogP contribution is 2.13. The molecule has 142 valence electrons. The van der Waals surface area contributed by atoms with Crippen molar-refractivity contribution >= 4 is 10.0 Å². The first kappa shape index (κ1) is 19.0. The van der Waals surface area contributed by atoms with Crippen LogP contribution in [0.4, 0.5) is 0 Å². The van der Waals surface area contributed by atoms with Gasteiger partial charge in [0.15, 0.2) is 0 Å². The standard InChI is InChI=1S/C18H21N5O3S/c1-21-14-16(12-19-21)17-8-9-18(24)23(20-17)11-10-22(27(2,25)26)13-15-6-4-3-5-7-15/h3-9,12,14H,10-11,13H2,1-2H3. The maximum atomic E-state index is 12.1. The van der Waals surface area contributed by atoms with Gasteiger partial charge in [0.2, 0.25) is 10.0 Å². The van der Waals surface area contributed by atoms with Gasteiger partial charge in [0.25, 0.3) is 5.56 Å². The topological polar surface area (TPSA) is 90.1 Å². The largest absolute Gasteiger partial charge is 0.275 e. The first-order chi connectivity index (χ1) is 12.8. The minimum atomic E-state index is -3.43. The summed E-state index contributed by atoms with van der Waals surface area (Å²) in [6.07, 6.45) is 4.63. The second-order valence-corrected chi connectivity index (χ2v) is 8.25. The van der Waals surface area contributed by atoms with Gasteiger partial charge in [0.1, 0.15) is 0 Å². The summed E-state index contributed by atoms with van der Waals surface area (Å²) in [6.45, 7) is 0.556. The molecule has 2 heterocycles. The Morgan fingerprint density at radius 1 is 1.11 bits per heavy atom. The van der Waals surface area contributed by atoms with Gasteiger partial charge in [-0.05, 0) is 11.6 Å². The molecule has 0 bridgehead atoms. The van der Waals surface area contributed by atoms with Crippen LogP contribution in [-0.2, 0) is 30.2 Å². The van der Waals surface area contributed by atoms with Crippen LogP contribution in [0.5, 0.6) is 0 Å². The van der Waals surface area contributed by atoms with Crippen LogP contribution in [0.3, 0.4) is 0 Å². The van der Waals surface area contributed by atoms with E-state index in [1.807, 2.05) is 30.3 Å². The Kier molecular flexibility index (Phi) is 5.52. The molecule has 0 saturated heterocycles. The second kappa shape index (κ2) is 7.85. The zero-order chi connectivity index (χ0) is 19.4. The number of aromatic nitrogens is 4. The summed E-state index contributed by atoms with van der Waals surface area (Å²) in [5.41, 5.74) is 2.00. The summed E-state index contributed by atoms with van der Waals surface area (Å²) < 4.78 is 28.6. The summed E-state index contributed by atoms with van der Waals surface area (Å²) in [7, 11) is -1.63. The van der Waals surface area contributed by atoms with E-state index in [2.05, 4.69) is 10.2 Å². The van der Waals surface area contributed by atoms with Crippen molar-refractivity contribution in [3.8, 4) is 11.3 Å². The highest BCUT2D eigenvalue weighted by molar-refractivity contribution is 7.88. The van der Waals surface area contributed by atoms with Crippen LogP contribution >= 0.6 is 0 Å². The number of benzene rings is 1. The number of rotatable bonds is 7. The fourth-order valence-corrected chi connectivity index (χ4v) is 3.47. The lowest BCUT2D eigenvalue weighted by molar-refractivity contribution is 0.376. The number of nitrogens with zero attached hydrogens (tertiary/aromatic N) is 5. The molecule has 0 atom stereocenters. The third-order valence-electron chi connectivity index (χ3n) is 4.10. The minimum absolute atomic E-state index is 0.150. The van der Waals surface area contributed by atoms with Crippen LogP contribution in [0, 0.1) is 0 Å². The predicted molar refractivity (Wildman–Crippen MR) is 102 cm³/mol. The van der Waals surface area contributed by atoms with E-state index in [9.17, 15) is 13.2 Å². The number of sulfonamides is 1. The molecule has 0 aliphatic heterocycles. The Labute approximate surface area is 157 Å². The maximum absolute atomic E-state index is 12.1. The molecule has 0 radical (unpaired) electrons. The Morgan fingerprint density at radius 3 is 2.48 bits per heavy atom. The third kappa shape index (κ3) is 4.89. The lowest BCUT2D eigenvalue weighted by atomic mass is 10.2. The van der Waals surface area contributed by atoms with Crippen molar-refractivity contribution in [2.75, 3.05) is 12.8 Å². The van der Waals surface area contributed by atoms with Crippen LogP contribution < -0.4 is 5.56 Å². The highest BCUT2D eigenvalue weighted by Gasteiger charge is 2.17. The molecule has 8 nitrogen and oxygen atoms in total. The van der Waals surface area contributed by atoms with Gasteiger partial charge >= 0.3 is 0 Å². The molecule has 0 fully saturated rings. The highest BCUT2D eigenvalue weighted by atomic mass is 32.2. The van der Waals surface area contributed by atoms with Crippen LogP contribution in [0.1, 0.15) is 5.56 Å². The summed E-state index contributed by atoms with van der Waals surface area (Å²) in [5.74, 6) is 0. The summed E-state index contributed by atoms with van der Waals surface area (Å²) in [6, 6.07) is 12.4. The van der Waals surface area contributed by atoms with Gasteiger partial charge in [-0.2, -0.15) is 14.5 Å². The smallest absolute Gasteiger partial charge is 0.266 e. The van der Waals surface area contributed by atoms with Crippen molar-refractivity contribution in [1.82, 2.24) is 23.9 Å². The average molecular weight is 387 g/mol. The number of aryl methyl sites for hydroxylation is 1. The molecule has 0 unspecified atom stereocenters. The van der Waals surface area contributed by atoms with E-state index >= 15 is 0 Å². The quantitative estimate of drug-likeness (QED) is 0.606. The van der Waals surface area contributed by atoms with Crippen molar-refractivity contribution in [1.29, 1.82) is 0 Å². The lowest BCUT2D eigenvalue weighted by Crippen LogP contribution is -2.35. The van der Waals surface area contributed by atoms with E-state index in [1.165, 1.54) is 15.1 Å². The molecule has 1 aromatic carbocycles. The van der Waals surface area contributed by atoms with Crippen LogP contribution in [-0.4, -0.2) is 45.1 Å². The fourth-order valence-electron chi connectivity index (χ4n) is 2.67. The van der Waals surface area contributed by atoms with Crippen molar-refractivity contribution < 1.29 is 8.42 Å². The van der Waals surface area contributed by atoms with E-state index in [0.717, 1.165) is 17.4 Å². The van der Waals surface area contributed by atoms with Crippen molar-refractivity contribution in [3.05, 3.63) is 70.8 Å². The van der Waals surface area contributed by atoms with Gasteiger partial charge in [-0.15, -0.1) is 0 Å². The zero-order valence-corrected chi connectivity index (χ0v) is 16.0. The average Bonchev–Trinajstić information content (AvgIpc) is 3.06. The Morgan fingerprint density at radius 2 is 1.85 bits per heavy atom. The molecule has 0 aliphatic rings. The SMILES string of the molecule is Cn1cc(-c2ccc(=O)n(CCN(Cc3ccccc3)S(C)(=O)=O)n2)cn1. The zero-order valence-electron chi connectivity index (χ0n) is 15.2. The molecular formula is C18H21N5O3S. The molecule has 2 aromatic heterocycles. The van der Waals surface area contributed by atoms with Gasteiger partial charge < -0.3 is 0 Å². The predicted octanol–water partition coefficient (Wildman–Crippen LogP) is 1.11. The van der Waals surface area contributed by atoms with Gasteiger partial charge in [-0.1, -0.05) is 30.3 Å². The van der Waals surface area contributed by atoms with Crippen molar-refractivity contribution in [2.24, 2.45) is 7.05 Å². The van der Waals surface area contributed by atoms with Gasteiger partial charge in [0.05, 0.1) is 24.7 Å². The lowest BCUT2D eigenvalue weighted by Gasteiger charge is -2.20. The van der Waals surface area contributed by atoms with E-state index in [-0.39, 0.29) is 25.2 Å². The maximum Gasteiger partial charge on any atom is 0.266 e. The Bertz CT molecular complexity index is 1070. The third-order valence-corrected chi connectivity index (χ3v) is 5.35. The number of hydrogen-bond acceptors (Lipinski definition) is 5. The molecular weight excluding hydrogens is 366 g/mol. The minimum Gasteiger partial charge on any atom is -0.275 e. The van der Waals surface area contributed by atoms with E-state index in [1.54, 1.807) is 30.2 Å². The molecule has 0 spiro atoms. The van der Waals surface area contributed by atoms with Crippen molar-refractivity contribution in [2.45, 2.75) is 13.1 Å². The molecule has 0 amide bonds. The molecule has 3 aromatic rings. The summed E-state index contributed by atoms with van der Waals surface area (Å²) in [5, 5.41) is 8.45. The van der Waals surface area contributed by atoms with Gasteiger partial charge in [-0.3, -0.25) is 9.48 Å². The van der Waals surface area contributed by atoms with Crippen LogP contribution in [0.25, 0.3) is 11.3 Å². The molecule has 27 heavy (non-hydrogen) atoms. The summed E-state index contributed by atoms with van der Waals surface area (Å²) in [4.78, 5) is 12.1. The number of hydrogen-bond donors (Lipinski definition) is 0. The van der Waals surface area contributed by atoms with Gasteiger partial charge in [0, 0.05) is 38.0 Å². The van der Waals surface area contributed by atoms with Crippen molar-refractivity contribution in [3.63, 3.8) is 0 Å². The first-order valence-corrected chi connectivity index (χ1v) is 10.2. The molecule has 0 saturated carbocycles. The van der Waals surface area contributed by atoms with E-state index < -0.39 is 10.0 Å². The second-order valence-electron chi connectivity index (χ2n) is 6.26. The molecule has 0 aliphatic carbocycles. The van der Waals surface area contributed by atoms with Gasteiger partial charge in [-0.25, -0.2) is 13.1 Å². The Hall–Kier alpha value is -2.78. The van der Waals surface area contributed by atoms with Crippen LogP contribution in [0.15, 0.2) is 59.7 Å². The molecule has 3 rings (SSSR count). The Balaban J connectivity index is 1.80. The molecule has 0 N–H and O–H groups in total. The molecule has 9 heteroatoms. The van der Waals surface area contributed by atoms with E-state index in [0.29, 0.717) is 5.69 Å².